The summed E-state index contributed by atoms with van der Waals surface area (Å²) in [6.07, 6.45) is 3.79. The number of carbonyl (C=O) groups is 3. The van der Waals surface area contributed by atoms with E-state index in [-0.39, 0.29) is 43.4 Å². The van der Waals surface area contributed by atoms with Crippen LogP contribution >= 0.6 is 0 Å². The van der Waals surface area contributed by atoms with E-state index in [1.807, 2.05) is 30.3 Å². The van der Waals surface area contributed by atoms with Gasteiger partial charge in [0.1, 0.15) is 0 Å². The number of alkyl carbamates (subject to hydrolysis) is 1. The topological polar surface area (TPSA) is 170 Å². The van der Waals surface area contributed by atoms with Gasteiger partial charge in [-0.1, -0.05) is 30.3 Å². The molecular formula is C28H40N6O6. The van der Waals surface area contributed by atoms with Crippen LogP contribution in [0.5, 0.6) is 5.88 Å². The van der Waals surface area contributed by atoms with E-state index in [1.54, 1.807) is 13.8 Å². The molecule has 2 aliphatic rings. The van der Waals surface area contributed by atoms with E-state index in [2.05, 4.69) is 21.0 Å². The number of hydrogen-bond donors (Lipinski definition) is 5. The van der Waals surface area contributed by atoms with E-state index in [0.717, 1.165) is 35.9 Å². The van der Waals surface area contributed by atoms with Gasteiger partial charge in [0.05, 0.1) is 37.1 Å². The molecule has 0 unspecified atom stereocenters. The lowest BCUT2D eigenvalue weighted by atomic mass is 10.0. The predicted molar refractivity (Wildman–Crippen MR) is 146 cm³/mol. The SMILES string of the molecule is CC(C)(N)C(=O)N[C@H](COCc1ccccc1)c1nn(C(=O)NCC2CC2)c(O)c1CCOC(=O)NCC1CC1. The molecule has 1 heterocycles. The van der Waals surface area contributed by atoms with Gasteiger partial charge < -0.3 is 36.3 Å². The van der Waals surface area contributed by atoms with Crippen molar-refractivity contribution >= 4 is 18.0 Å². The van der Waals surface area contributed by atoms with Gasteiger partial charge in [0.2, 0.25) is 11.8 Å². The predicted octanol–water partition coefficient (Wildman–Crippen LogP) is 2.35. The Morgan fingerprint density at radius 2 is 1.75 bits per heavy atom. The number of ether oxygens (including phenoxy) is 2. The molecule has 1 atom stereocenters. The van der Waals surface area contributed by atoms with Crippen molar-refractivity contribution in [3.05, 3.63) is 47.2 Å². The Balaban J connectivity index is 1.53. The quantitative estimate of drug-likeness (QED) is 0.236. The average Bonchev–Trinajstić information content (AvgIpc) is 3.85. The highest BCUT2D eigenvalue weighted by Gasteiger charge is 2.32. The van der Waals surface area contributed by atoms with Crippen LogP contribution in [-0.2, 0) is 27.3 Å². The van der Waals surface area contributed by atoms with Crippen LogP contribution in [0, 0.1) is 11.8 Å². The Morgan fingerprint density at radius 3 is 2.38 bits per heavy atom. The summed E-state index contributed by atoms with van der Waals surface area (Å²) in [4.78, 5) is 37.9. The maximum absolute atomic E-state index is 12.9. The van der Waals surface area contributed by atoms with Crippen LogP contribution < -0.4 is 21.7 Å². The Hall–Kier alpha value is -3.64. The summed E-state index contributed by atoms with van der Waals surface area (Å²) in [6, 6.07) is 8.09. The third-order valence-corrected chi connectivity index (χ3v) is 6.85. The molecule has 2 saturated carbocycles. The molecule has 12 heteroatoms. The van der Waals surface area contributed by atoms with Crippen molar-refractivity contribution in [1.82, 2.24) is 25.7 Å². The first kappa shape index (κ1) is 29.3. The minimum atomic E-state index is -1.20. The van der Waals surface area contributed by atoms with Crippen LogP contribution in [0.4, 0.5) is 9.59 Å². The number of rotatable bonds is 14. The molecule has 0 saturated heterocycles. The number of amides is 3. The van der Waals surface area contributed by atoms with Gasteiger partial charge in [0.15, 0.2) is 0 Å². The summed E-state index contributed by atoms with van der Waals surface area (Å²) in [5, 5.41) is 23.8. The van der Waals surface area contributed by atoms with E-state index in [9.17, 15) is 19.5 Å². The number of nitrogens with zero attached hydrogens (tertiary/aromatic N) is 2. The molecule has 40 heavy (non-hydrogen) atoms. The van der Waals surface area contributed by atoms with Gasteiger partial charge in [-0.05, 0) is 56.9 Å². The Bertz CT molecular complexity index is 1170. The van der Waals surface area contributed by atoms with Crippen LogP contribution in [0.3, 0.4) is 0 Å². The second-order valence-electron chi connectivity index (χ2n) is 11.2. The number of benzene rings is 1. The van der Waals surface area contributed by atoms with Crippen molar-refractivity contribution in [1.29, 1.82) is 0 Å². The zero-order valence-corrected chi connectivity index (χ0v) is 23.2. The summed E-state index contributed by atoms with van der Waals surface area (Å²) in [5.74, 6) is 0.0743. The van der Waals surface area contributed by atoms with Crippen molar-refractivity contribution in [2.45, 2.75) is 64.1 Å². The Labute approximate surface area is 234 Å². The molecule has 0 radical (unpaired) electrons. The van der Waals surface area contributed by atoms with Crippen LogP contribution in [-0.4, -0.2) is 64.8 Å². The summed E-state index contributed by atoms with van der Waals surface area (Å²) >= 11 is 0. The standard InChI is InChI=1S/C28H40N6O6/c1-28(2,29)25(36)32-22(17-39-16-20-6-4-3-5-7-20)23-21(12-13-40-27(38)31-15-19-10-11-19)24(35)34(33-23)26(37)30-14-18-8-9-18/h3-7,18-19,22,35H,8-17,29H2,1-2H3,(H,30,37)(H,31,38)(H,32,36)/t22-/m1/s1. The van der Waals surface area contributed by atoms with Gasteiger partial charge in [-0.3, -0.25) is 4.79 Å². The summed E-state index contributed by atoms with van der Waals surface area (Å²) in [6.45, 7) is 4.38. The van der Waals surface area contributed by atoms with Crippen LogP contribution in [0.15, 0.2) is 30.3 Å². The fraction of sp³-hybridized carbons (Fsp3) is 0.571. The molecular weight excluding hydrogens is 516 g/mol. The van der Waals surface area contributed by atoms with E-state index >= 15 is 0 Å². The molecule has 0 spiro atoms. The van der Waals surface area contributed by atoms with E-state index in [4.69, 9.17) is 15.2 Å². The number of aromatic nitrogens is 2. The lowest BCUT2D eigenvalue weighted by molar-refractivity contribution is -0.126. The zero-order valence-electron chi connectivity index (χ0n) is 23.2. The first-order chi connectivity index (χ1) is 19.1. The van der Waals surface area contributed by atoms with Gasteiger partial charge in [-0.25, -0.2) is 9.59 Å². The van der Waals surface area contributed by atoms with Gasteiger partial charge in [-0.15, -0.1) is 4.68 Å². The molecule has 218 valence electrons. The first-order valence-corrected chi connectivity index (χ1v) is 13.8. The van der Waals surface area contributed by atoms with E-state index in [0.29, 0.717) is 24.9 Å². The van der Waals surface area contributed by atoms with Gasteiger partial charge in [0.25, 0.3) is 0 Å². The second-order valence-corrected chi connectivity index (χ2v) is 11.2. The number of nitrogens with two attached hydrogens (primary N) is 1. The Kier molecular flexibility index (Phi) is 9.64. The molecule has 0 bridgehead atoms. The van der Waals surface area contributed by atoms with Crippen molar-refractivity contribution < 1.29 is 29.0 Å². The highest BCUT2D eigenvalue weighted by atomic mass is 16.5. The lowest BCUT2D eigenvalue weighted by Gasteiger charge is -2.24. The van der Waals surface area contributed by atoms with Crippen LogP contribution in [0.1, 0.15) is 62.4 Å². The van der Waals surface area contributed by atoms with Gasteiger partial charge >= 0.3 is 12.1 Å². The van der Waals surface area contributed by atoms with Gasteiger partial charge in [0, 0.05) is 25.1 Å². The third kappa shape index (κ3) is 8.68. The number of aromatic hydroxyl groups is 1. The normalized spacial score (nSPS) is 15.8. The lowest BCUT2D eigenvalue weighted by Crippen LogP contribution is -2.50. The highest BCUT2D eigenvalue weighted by molar-refractivity contribution is 5.85. The molecule has 4 rings (SSSR count). The number of nitrogens with one attached hydrogen (secondary N) is 3. The Morgan fingerprint density at radius 1 is 1.10 bits per heavy atom. The summed E-state index contributed by atoms with van der Waals surface area (Å²) in [7, 11) is 0. The molecule has 1 aromatic heterocycles. The van der Waals surface area contributed by atoms with Crippen LogP contribution in [0.2, 0.25) is 0 Å². The minimum absolute atomic E-state index is 0.00735. The largest absolute Gasteiger partial charge is 0.493 e. The highest BCUT2D eigenvalue weighted by Crippen LogP contribution is 2.30. The van der Waals surface area contributed by atoms with Crippen molar-refractivity contribution in [2.75, 3.05) is 26.3 Å². The minimum Gasteiger partial charge on any atom is -0.493 e. The third-order valence-electron chi connectivity index (χ3n) is 6.85. The second kappa shape index (κ2) is 13.1. The fourth-order valence-electron chi connectivity index (χ4n) is 4.00. The van der Waals surface area contributed by atoms with Crippen molar-refractivity contribution in [3.8, 4) is 5.88 Å². The average molecular weight is 557 g/mol. The smallest absolute Gasteiger partial charge is 0.407 e. The van der Waals surface area contributed by atoms with Crippen molar-refractivity contribution in [3.63, 3.8) is 0 Å². The van der Waals surface area contributed by atoms with Crippen LogP contribution in [0.25, 0.3) is 0 Å². The molecule has 2 aliphatic carbocycles. The number of hydrogen-bond acceptors (Lipinski definition) is 8. The molecule has 2 aromatic rings. The molecule has 6 N–H and O–H groups in total. The van der Waals surface area contributed by atoms with E-state index in [1.165, 1.54) is 0 Å². The fourth-order valence-corrected chi connectivity index (χ4v) is 4.00. The maximum atomic E-state index is 12.9. The van der Waals surface area contributed by atoms with Crippen molar-refractivity contribution in [2.24, 2.45) is 17.6 Å². The molecule has 3 amide bonds. The molecule has 0 aliphatic heterocycles. The zero-order chi connectivity index (χ0) is 28.7. The van der Waals surface area contributed by atoms with E-state index < -0.39 is 29.6 Å². The first-order valence-electron chi connectivity index (χ1n) is 13.8. The van der Waals surface area contributed by atoms with Gasteiger partial charge in [-0.2, -0.15) is 5.10 Å². The summed E-state index contributed by atoms with van der Waals surface area (Å²) in [5.41, 5.74) is 6.26. The maximum Gasteiger partial charge on any atom is 0.407 e. The number of carbonyl (C=O) groups excluding carboxylic acids is 3. The summed E-state index contributed by atoms with van der Waals surface area (Å²) < 4.78 is 12.1. The molecule has 12 nitrogen and oxygen atoms in total. The molecule has 1 aromatic carbocycles. The monoisotopic (exact) mass is 556 g/mol. The molecule has 2 fully saturated rings.